The summed E-state index contributed by atoms with van der Waals surface area (Å²) < 4.78 is 10.8. The van der Waals surface area contributed by atoms with Crippen LogP contribution in [0.1, 0.15) is 24.0 Å². The summed E-state index contributed by atoms with van der Waals surface area (Å²) in [5.41, 5.74) is 7.40. The first-order valence-corrected chi connectivity index (χ1v) is 7.74. The highest BCUT2D eigenvalue weighted by Crippen LogP contribution is 2.24. The van der Waals surface area contributed by atoms with Crippen LogP contribution < -0.4 is 10.5 Å². The van der Waals surface area contributed by atoms with E-state index in [0.29, 0.717) is 17.4 Å². The zero-order valence-electron chi connectivity index (χ0n) is 11.5. The van der Waals surface area contributed by atoms with Crippen LogP contribution >= 0.6 is 11.8 Å². The van der Waals surface area contributed by atoms with Crippen LogP contribution in [0.3, 0.4) is 0 Å². The molecule has 1 unspecified atom stereocenters. The smallest absolute Gasteiger partial charge is 0.173 e. The lowest BCUT2D eigenvalue weighted by Crippen LogP contribution is -2.14. The van der Waals surface area contributed by atoms with Crippen LogP contribution in [0.4, 0.5) is 0 Å². The van der Waals surface area contributed by atoms with Crippen LogP contribution in [0, 0.1) is 0 Å². The molecule has 1 fully saturated rings. The number of thioether (sulfide) groups is 1. The van der Waals surface area contributed by atoms with Gasteiger partial charge in [-0.25, -0.2) is 0 Å². The van der Waals surface area contributed by atoms with Crippen LogP contribution in [0.5, 0.6) is 5.75 Å². The number of amidine groups is 1. The molecule has 3 N–H and O–H groups in total. The number of rotatable bonds is 6. The van der Waals surface area contributed by atoms with Gasteiger partial charge in [-0.1, -0.05) is 11.2 Å². The van der Waals surface area contributed by atoms with Gasteiger partial charge in [0, 0.05) is 18.1 Å². The molecule has 0 saturated carbocycles. The molecule has 1 saturated heterocycles. The van der Waals surface area contributed by atoms with Crippen molar-refractivity contribution < 1.29 is 14.7 Å². The standard InChI is InChI=1S/C14H20N2O3S/c1-18-13-5-4-10(7-12(13)14(15)16-17)8-20-9-11-3-2-6-19-11/h4-5,7,11,17H,2-3,6,8-9H2,1H3,(H2,15,16). The van der Waals surface area contributed by atoms with E-state index in [-0.39, 0.29) is 5.84 Å². The Bertz CT molecular complexity index is 473. The lowest BCUT2D eigenvalue weighted by molar-refractivity contribution is 0.129. The Morgan fingerprint density at radius 1 is 1.60 bits per heavy atom. The Balaban J connectivity index is 1.97. The number of hydrogen-bond donors (Lipinski definition) is 2. The van der Waals surface area contributed by atoms with Crippen molar-refractivity contribution in [3.63, 3.8) is 0 Å². The molecule has 0 radical (unpaired) electrons. The molecule has 0 aliphatic carbocycles. The van der Waals surface area contributed by atoms with Gasteiger partial charge >= 0.3 is 0 Å². The highest BCUT2D eigenvalue weighted by molar-refractivity contribution is 7.98. The molecular formula is C14H20N2O3S. The predicted molar refractivity (Wildman–Crippen MR) is 80.6 cm³/mol. The summed E-state index contributed by atoms with van der Waals surface area (Å²) in [6, 6.07) is 5.74. The van der Waals surface area contributed by atoms with Gasteiger partial charge in [-0.15, -0.1) is 0 Å². The fourth-order valence-corrected chi connectivity index (χ4v) is 3.24. The van der Waals surface area contributed by atoms with Crippen molar-refractivity contribution >= 4 is 17.6 Å². The van der Waals surface area contributed by atoms with E-state index < -0.39 is 0 Å². The predicted octanol–water partition coefficient (Wildman–Crippen LogP) is 2.20. The summed E-state index contributed by atoms with van der Waals surface area (Å²) in [6.07, 6.45) is 2.72. The second kappa shape index (κ2) is 7.40. The number of oxime groups is 1. The van der Waals surface area contributed by atoms with E-state index in [1.165, 1.54) is 6.42 Å². The summed E-state index contributed by atoms with van der Waals surface area (Å²) in [5.74, 6) is 2.54. The lowest BCUT2D eigenvalue weighted by atomic mass is 10.1. The number of nitrogens with zero attached hydrogens (tertiary/aromatic N) is 1. The van der Waals surface area contributed by atoms with E-state index in [2.05, 4.69) is 5.16 Å². The van der Waals surface area contributed by atoms with Gasteiger partial charge in [-0.05, 0) is 30.5 Å². The third kappa shape index (κ3) is 3.80. The molecule has 1 atom stereocenters. The third-order valence-electron chi connectivity index (χ3n) is 3.24. The normalized spacial score (nSPS) is 19.2. The molecule has 6 heteroatoms. The molecule has 0 amide bonds. The van der Waals surface area contributed by atoms with E-state index in [1.807, 2.05) is 30.0 Å². The van der Waals surface area contributed by atoms with Gasteiger partial charge in [-0.2, -0.15) is 11.8 Å². The molecule has 110 valence electrons. The zero-order valence-corrected chi connectivity index (χ0v) is 12.4. The van der Waals surface area contributed by atoms with Crippen molar-refractivity contribution in [1.29, 1.82) is 0 Å². The molecule has 5 nitrogen and oxygen atoms in total. The Kier molecular flexibility index (Phi) is 5.55. The van der Waals surface area contributed by atoms with Crippen molar-refractivity contribution in [2.24, 2.45) is 10.9 Å². The highest BCUT2D eigenvalue weighted by atomic mass is 32.2. The summed E-state index contributed by atoms with van der Waals surface area (Å²) in [7, 11) is 1.56. The SMILES string of the molecule is COc1ccc(CSCC2CCCO2)cc1/C(N)=N/O. The molecule has 0 aromatic heterocycles. The molecule has 20 heavy (non-hydrogen) atoms. The zero-order chi connectivity index (χ0) is 14.4. The molecule has 1 aliphatic rings. The summed E-state index contributed by atoms with van der Waals surface area (Å²) in [4.78, 5) is 0. The van der Waals surface area contributed by atoms with Crippen molar-refractivity contribution in [1.82, 2.24) is 0 Å². The maximum absolute atomic E-state index is 8.80. The van der Waals surface area contributed by atoms with Crippen molar-refractivity contribution in [3.8, 4) is 5.75 Å². The monoisotopic (exact) mass is 296 g/mol. The van der Waals surface area contributed by atoms with Gasteiger partial charge in [0.05, 0.1) is 18.8 Å². The second-order valence-corrected chi connectivity index (χ2v) is 5.70. The van der Waals surface area contributed by atoms with Crippen molar-refractivity contribution in [3.05, 3.63) is 29.3 Å². The second-order valence-electron chi connectivity index (χ2n) is 4.67. The molecule has 0 spiro atoms. The van der Waals surface area contributed by atoms with Crippen LogP contribution in [-0.2, 0) is 10.5 Å². The van der Waals surface area contributed by atoms with Crippen LogP contribution in [0.2, 0.25) is 0 Å². The topological polar surface area (TPSA) is 77.1 Å². The molecule has 0 bridgehead atoms. The Hall–Kier alpha value is -1.40. The van der Waals surface area contributed by atoms with Gasteiger partial charge in [0.2, 0.25) is 0 Å². The molecule has 1 aliphatic heterocycles. The Labute approximate surface area is 123 Å². The van der Waals surface area contributed by atoms with Crippen molar-refractivity contribution in [2.45, 2.75) is 24.7 Å². The molecule has 2 rings (SSSR count). The van der Waals surface area contributed by atoms with E-state index in [4.69, 9.17) is 20.4 Å². The van der Waals surface area contributed by atoms with Gasteiger partial charge in [0.25, 0.3) is 0 Å². The number of nitrogens with two attached hydrogens (primary N) is 1. The summed E-state index contributed by atoms with van der Waals surface area (Å²) in [6.45, 7) is 0.890. The highest BCUT2D eigenvalue weighted by Gasteiger charge is 2.15. The van der Waals surface area contributed by atoms with E-state index in [0.717, 1.165) is 30.1 Å². The first-order valence-electron chi connectivity index (χ1n) is 6.58. The maximum Gasteiger partial charge on any atom is 0.173 e. The fraction of sp³-hybridized carbons (Fsp3) is 0.500. The molecular weight excluding hydrogens is 276 g/mol. The van der Waals surface area contributed by atoms with Gasteiger partial charge in [0.1, 0.15) is 5.75 Å². The summed E-state index contributed by atoms with van der Waals surface area (Å²) >= 11 is 1.84. The summed E-state index contributed by atoms with van der Waals surface area (Å²) in [5, 5.41) is 11.8. The number of methoxy groups -OCH3 is 1. The minimum Gasteiger partial charge on any atom is -0.496 e. The number of ether oxygens (including phenoxy) is 2. The molecule has 1 aromatic carbocycles. The minimum absolute atomic E-state index is 0.0628. The van der Waals surface area contributed by atoms with Gasteiger partial charge < -0.3 is 20.4 Å². The quantitative estimate of drug-likeness (QED) is 0.364. The lowest BCUT2D eigenvalue weighted by Gasteiger charge is -2.11. The van der Waals surface area contributed by atoms with Crippen LogP contribution in [0.25, 0.3) is 0 Å². The third-order valence-corrected chi connectivity index (χ3v) is 4.39. The first kappa shape index (κ1) is 15.0. The van der Waals surface area contributed by atoms with Crippen LogP contribution in [-0.4, -0.2) is 36.6 Å². The van der Waals surface area contributed by atoms with Gasteiger partial charge in [0.15, 0.2) is 5.84 Å². The van der Waals surface area contributed by atoms with Gasteiger partial charge in [-0.3, -0.25) is 0 Å². The maximum atomic E-state index is 8.80. The fourth-order valence-electron chi connectivity index (χ4n) is 2.18. The molecule has 1 aromatic rings. The minimum atomic E-state index is 0.0628. The first-order chi connectivity index (χ1) is 9.74. The Morgan fingerprint density at radius 2 is 2.45 bits per heavy atom. The van der Waals surface area contributed by atoms with E-state index in [1.54, 1.807) is 7.11 Å². The average molecular weight is 296 g/mol. The molecule has 1 heterocycles. The average Bonchev–Trinajstić information content (AvgIpc) is 2.99. The largest absolute Gasteiger partial charge is 0.496 e. The van der Waals surface area contributed by atoms with Crippen molar-refractivity contribution in [2.75, 3.05) is 19.5 Å². The number of hydrogen-bond acceptors (Lipinski definition) is 5. The van der Waals surface area contributed by atoms with E-state index in [9.17, 15) is 0 Å². The van der Waals surface area contributed by atoms with Crippen LogP contribution in [0.15, 0.2) is 23.4 Å². The Morgan fingerprint density at radius 3 is 3.10 bits per heavy atom. The number of benzene rings is 1. The van der Waals surface area contributed by atoms with E-state index >= 15 is 0 Å².